The Bertz CT molecular complexity index is 803. The van der Waals surface area contributed by atoms with Crippen molar-refractivity contribution in [3.63, 3.8) is 0 Å². The molecule has 0 atom stereocenters. The average molecular weight is 398 g/mol. The number of likely N-dealkylation sites (tertiary alicyclic amines) is 1. The maximum atomic E-state index is 12.5. The highest BCUT2D eigenvalue weighted by atomic mass is 16.5. The summed E-state index contributed by atoms with van der Waals surface area (Å²) in [6.45, 7) is 11.0. The van der Waals surface area contributed by atoms with E-state index in [1.165, 1.54) is 5.56 Å². The number of piperazine rings is 1. The van der Waals surface area contributed by atoms with Gasteiger partial charge in [-0.3, -0.25) is 14.6 Å². The largest absolute Gasteiger partial charge is 0.342 e. The summed E-state index contributed by atoms with van der Waals surface area (Å²) in [5.41, 5.74) is 2.18. The Balaban J connectivity index is 1.23. The molecule has 7 heteroatoms. The topological polar surface area (TPSA) is 65.7 Å². The first-order valence-corrected chi connectivity index (χ1v) is 10.7. The van der Waals surface area contributed by atoms with Gasteiger partial charge in [0.2, 0.25) is 17.6 Å². The molecule has 4 rings (SSSR count). The number of nitrogens with zero attached hydrogens (tertiary/aromatic N) is 5. The number of piperidine rings is 1. The van der Waals surface area contributed by atoms with Crippen LogP contribution < -0.4 is 0 Å². The number of hydrogen-bond donors (Lipinski definition) is 0. The fraction of sp³-hybridized carbons (Fsp3) is 0.591. The quantitative estimate of drug-likeness (QED) is 0.772. The van der Waals surface area contributed by atoms with Crippen molar-refractivity contribution in [1.82, 2.24) is 24.8 Å². The van der Waals surface area contributed by atoms with Crippen molar-refractivity contribution in [1.29, 1.82) is 0 Å². The molecule has 0 aliphatic carbocycles. The SMILES string of the molecule is Cc1ccc(-c2noc(CN3CCN(CC(=O)N4CCC(C)CC4)CC3)n2)cc1. The highest BCUT2D eigenvalue weighted by Gasteiger charge is 2.25. The molecule has 0 N–H and O–H groups in total. The van der Waals surface area contributed by atoms with Crippen LogP contribution >= 0.6 is 0 Å². The summed E-state index contributed by atoms with van der Waals surface area (Å²) < 4.78 is 5.45. The van der Waals surface area contributed by atoms with Crippen molar-refractivity contribution in [3.05, 3.63) is 35.7 Å². The Hall–Kier alpha value is -2.25. The highest BCUT2D eigenvalue weighted by Crippen LogP contribution is 2.18. The standard InChI is InChI=1S/C22H31N5O2/c1-17-3-5-19(6-4-17)22-23-20(29-24-22)15-25-11-13-26(14-12-25)16-21(28)27-9-7-18(2)8-10-27/h3-6,18H,7-16H2,1-2H3. The molecule has 0 unspecified atom stereocenters. The van der Waals surface area contributed by atoms with Crippen molar-refractivity contribution >= 4 is 5.91 Å². The third-order valence-corrected chi connectivity index (χ3v) is 6.10. The van der Waals surface area contributed by atoms with Crippen LogP contribution in [0.5, 0.6) is 0 Å². The second-order valence-electron chi connectivity index (χ2n) is 8.49. The normalized spacial score (nSPS) is 19.6. The zero-order valence-corrected chi connectivity index (χ0v) is 17.5. The molecule has 29 heavy (non-hydrogen) atoms. The van der Waals surface area contributed by atoms with Crippen LogP contribution in [-0.2, 0) is 11.3 Å². The summed E-state index contributed by atoms with van der Waals surface area (Å²) in [6, 6.07) is 8.14. The third-order valence-electron chi connectivity index (χ3n) is 6.10. The molecular formula is C22H31N5O2. The summed E-state index contributed by atoms with van der Waals surface area (Å²) in [7, 11) is 0. The van der Waals surface area contributed by atoms with Crippen LogP contribution in [0.3, 0.4) is 0 Å². The van der Waals surface area contributed by atoms with Gasteiger partial charge in [-0.05, 0) is 25.7 Å². The lowest BCUT2D eigenvalue weighted by Gasteiger charge is -2.36. The van der Waals surface area contributed by atoms with Crippen LogP contribution in [0.4, 0.5) is 0 Å². The zero-order chi connectivity index (χ0) is 20.2. The van der Waals surface area contributed by atoms with Crippen LogP contribution in [0.25, 0.3) is 11.4 Å². The van der Waals surface area contributed by atoms with Crippen LogP contribution in [0.1, 0.15) is 31.2 Å². The Morgan fingerprint density at radius 2 is 1.69 bits per heavy atom. The lowest BCUT2D eigenvalue weighted by atomic mass is 9.99. The molecule has 0 spiro atoms. The molecule has 2 aliphatic heterocycles. The summed E-state index contributed by atoms with van der Waals surface area (Å²) in [6.07, 6.45) is 2.27. The molecular weight excluding hydrogens is 366 g/mol. The summed E-state index contributed by atoms with van der Waals surface area (Å²) >= 11 is 0. The van der Waals surface area contributed by atoms with Gasteiger partial charge in [0.1, 0.15) is 0 Å². The van der Waals surface area contributed by atoms with Gasteiger partial charge in [0.15, 0.2) is 0 Å². The molecule has 2 saturated heterocycles. The van der Waals surface area contributed by atoms with Gasteiger partial charge in [-0.15, -0.1) is 0 Å². The van der Waals surface area contributed by atoms with Gasteiger partial charge in [-0.2, -0.15) is 4.98 Å². The number of carbonyl (C=O) groups excluding carboxylic acids is 1. The third kappa shape index (κ3) is 5.22. The molecule has 0 bridgehead atoms. The number of aromatic nitrogens is 2. The summed E-state index contributed by atoms with van der Waals surface area (Å²) in [5, 5.41) is 4.12. The van der Waals surface area contributed by atoms with Gasteiger partial charge >= 0.3 is 0 Å². The Kier molecular flexibility index (Phi) is 6.25. The first-order valence-electron chi connectivity index (χ1n) is 10.7. The second kappa shape index (κ2) is 9.05. The Labute approximate surface area is 172 Å². The lowest BCUT2D eigenvalue weighted by Crippen LogP contribution is -2.50. The highest BCUT2D eigenvalue weighted by molar-refractivity contribution is 5.78. The maximum absolute atomic E-state index is 12.5. The van der Waals surface area contributed by atoms with Gasteiger partial charge in [0, 0.05) is 44.8 Å². The van der Waals surface area contributed by atoms with E-state index in [0.717, 1.165) is 63.6 Å². The van der Waals surface area contributed by atoms with Gasteiger partial charge < -0.3 is 9.42 Å². The number of amides is 1. The van der Waals surface area contributed by atoms with E-state index in [2.05, 4.69) is 45.9 Å². The van der Waals surface area contributed by atoms with E-state index in [4.69, 9.17) is 4.52 Å². The minimum absolute atomic E-state index is 0.282. The number of rotatable bonds is 5. The fourth-order valence-electron chi connectivity index (χ4n) is 3.99. The van der Waals surface area contributed by atoms with Gasteiger partial charge in [0.05, 0.1) is 13.1 Å². The molecule has 2 aromatic rings. The van der Waals surface area contributed by atoms with Gasteiger partial charge in [0.25, 0.3) is 0 Å². The van der Waals surface area contributed by atoms with Crippen molar-refractivity contribution in [2.75, 3.05) is 45.8 Å². The van der Waals surface area contributed by atoms with E-state index in [0.29, 0.717) is 24.8 Å². The molecule has 1 aromatic heterocycles. The first kappa shape index (κ1) is 20.0. The Morgan fingerprint density at radius 3 is 2.38 bits per heavy atom. The van der Waals surface area contributed by atoms with E-state index < -0.39 is 0 Å². The van der Waals surface area contributed by atoms with Crippen LogP contribution in [-0.4, -0.2) is 76.6 Å². The van der Waals surface area contributed by atoms with Gasteiger partial charge in [-0.1, -0.05) is 41.9 Å². The summed E-state index contributed by atoms with van der Waals surface area (Å²) in [5.74, 6) is 2.32. The molecule has 1 amide bonds. The first-order chi connectivity index (χ1) is 14.1. The molecule has 1 aromatic carbocycles. The lowest BCUT2D eigenvalue weighted by molar-refractivity contribution is -0.134. The van der Waals surface area contributed by atoms with Crippen LogP contribution in [0.2, 0.25) is 0 Å². The number of carbonyl (C=O) groups is 1. The summed E-state index contributed by atoms with van der Waals surface area (Å²) in [4.78, 5) is 23.7. The fourth-order valence-corrected chi connectivity index (χ4v) is 3.99. The predicted molar refractivity (Wildman–Crippen MR) is 111 cm³/mol. The molecule has 3 heterocycles. The zero-order valence-electron chi connectivity index (χ0n) is 17.5. The molecule has 0 saturated carbocycles. The van der Waals surface area contributed by atoms with E-state index in [1.807, 2.05) is 17.0 Å². The molecule has 7 nitrogen and oxygen atoms in total. The van der Waals surface area contributed by atoms with E-state index in [-0.39, 0.29) is 5.91 Å². The number of hydrogen-bond acceptors (Lipinski definition) is 6. The number of aryl methyl sites for hydroxylation is 1. The van der Waals surface area contributed by atoms with E-state index >= 15 is 0 Å². The predicted octanol–water partition coefficient (Wildman–Crippen LogP) is 2.42. The molecule has 2 fully saturated rings. The van der Waals surface area contributed by atoms with E-state index in [1.54, 1.807) is 0 Å². The van der Waals surface area contributed by atoms with Crippen LogP contribution in [0.15, 0.2) is 28.8 Å². The number of benzene rings is 1. The van der Waals surface area contributed by atoms with Crippen molar-refractivity contribution in [2.45, 2.75) is 33.2 Å². The second-order valence-corrected chi connectivity index (χ2v) is 8.49. The molecule has 0 radical (unpaired) electrons. The van der Waals surface area contributed by atoms with E-state index in [9.17, 15) is 4.79 Å². The van der Waals surface area contributed by atoms with Crippen molar-refractivity contribution in [2.24, 2.45) is 5.92 Å². The minimum Gasteiger partial charge on any atom is -0.342 e. The van der Waals surface area contributed by atoms with Crippen molar-refractivity contribution < 1.29 is 9.32 Å². The van der Waals surface area contributed by atoms with Crippen LogP contribution in [0, 0.1) is 12.8 Å². The monoisotopic (exact) mass is 397 g/mol. The molecule has 2 aliphatic rings. The molecule has 156 valence electrons. The van der Waals surface area contributed by atoms with Crippen molar-refractivity contribution in [3.8, 4) is 11.4 Å². The average Bonchev–Trinajstić information content (AvgIpc) is 3.19. The minimum atomic E-state index is 0.282. The van der Waals surface area contributed by atoms with Gasteiger partial charge in [-0.25, -0.2) is 0 Å². The Morgan fingerprint density at radius 1 is 1.03 bits per heavy atom. The maximum Gasteiger partial charge on any atom is 0.241 e. The smallest absolute Gasteiger partial charge is 0.241 e.